The minimum Gasteiger partial charge on any atom is -0.103 e. The van der Waals surface area contributed by atoms with Gasteiger partial charge in [-0.2, -0.15) is 0 Å². The van der Waals surface area contributed by atoms with Crippen molar-refractivity contribution in [3.63, 3.8) is 0 Å². The average Bonchev–Trinajstić information content (AvgIpc) is 1.97. The number of rotatable bonds is 5. The van der Waals surface area contributed by atoms with Crippen molar-refractivity contribution in [3.05, 3.63) is 23.8 Å². The Bertz CT molecular complexity index is 136. The Balaban J connectivity index is 3.90. The maximum atomic E-state index is 3.73. The monoisotopic (exact) mass is 152 g/mol. The van der Waals surface area contributed by atoms with E-state index in [-0.39, 0.29) is 0 Å². The summed E-state index contributed by atoms with van der Waals surface area (Å²) in [5, 5.41) is 0. The lowest BCUT2D eigenvalue weighted by molar-refractivity contribution is 0.813. The molecule has 0 aliphatic rings. The van der Waals surface area contributed by atoms with Crippen LogP contribution in [0.5, 0.6) is 0 Å². The van der Waals surface area contributed by atoms with E-state index in [0.717, 1.165) is 6.42 Å². The third kappa shape index (κ3) is 4.83. The van der Waals surface area contributed by atoms with Gasteiger partial charge in [0.25, 0.3) is 0 Å². The van der Waals surface area contributed by atoms with Gasteiger partial charge in [0.1, 0.15) is 0 Å². The van der Waals surface area contributed by atoms with E-state index in [4.69, 9.17) is 0 Å². The first kappa shape index (κ1) is 10.5. The van der Waals surface area contributed by atoms with Crippen LogP contribution in [-0.2, 0) is 0 Å². The predicted molar refractivity (Wildman–Crippen MR) is 52.7 cm³/mol. The molecule has 0 spiro atoms. The molecule has 0 nitrogen and oxygen atoms in total. The van der Waals surface area contributed by atoms with Crippen molar-refractivity contribution < 1.29 is 0 Å². The Kier molecular flexibility index (Phi) is 5.91. The van der Waals surface area contributed by atoms with E-state index < -0.39 is 0 Å². The molecule has 0 amide bonds. The van der Waals surface area contributed by atoms with Gasteiger partial charge in [-0.25, -0.2) is 0 Å². The van der Waals surface area contributed by atoms with Crippen LogP contribution in [0.25, 0.3) is 0 Å². The molecule has 0 heterocycles. The Morgan fingerprint density at radius 3 is 2.27 bits per heavy atom. The van der Waals surface area contributed by atoms with Gasteiger partial charge in [-0.05, 0) is 33.1 Å². The van der Waals surface area contributed by atoms with Crippen LogP contribution < -0.4 is 0 Å². The highest BCUT2D eigenvalue weighted by atomic mass is 14.0. The Morgan fingerprint density at radius 2 is 1.91 bits per heavy atom. The van der Waals surface area contributed by atoms with Gasteiger partial charge in [-0.15, -0.1) is 6.58 Å². The summed E-state index contributed by atoms with van der Waals surface area (Å²) in [6, 6.07) is 0. The molecule has 0 aromatic carbocycles. The van der Waals surface area contributed by atoms with Crippen molar-refractivity contribution in [2.45, 2.75) is 46.5 Å². The molecule has 0 unspecified atom stereocenters. The summed E-state index contributed by atoms with van der Waals surface area (Å²) >= 11 is 0. The molecule has 0 aliphatic carbocycles. The summed E-state index contributed by atoms with van der Waals surface area (Å²) < 4.78 is 0. The van der Waals surface area contributed by atoms with Crippen molar-refractivity contribution in [2.24, 2.45) is 0 Å². The van der Waals surface area contributed by atoms with Crippen LogP contribution in [0.15, 0.2) is 23.8 Å². The Morgan fingerprint density at radius 1 is 1.27 bits per heavy atom. The number of hydrogen-bond acceptors (Lipinski definition) is 0. The minimum atomic E-state index is 1.13. The van der Waals surface area contributed by atoms with Crippen LogP contribution in [0.4, 0.5) is 0 Å². The topological polar surface area (TPSA) is 0 Å². The van der Waals surface area contributed by atoms with Gasteiger partial charge in [-0.1, -0.05) is 30.6 Å². The minimum absolute atomic E-state index is 1.13. The van der Waals surface area contributed by atoms with E-state index in [1.165, 1.54) is 24.8 Å². The second-order valence-electron chi connectivity index (χ2n) is 3.18. The molecular formula is C11H20. The molecule has 0 radical (unpaired) electrons. The molecule has 0 bridgehead atoms. The molecule has 0 N–H and O–H groups in total. The standard InChI is InChI=1S/C11H20/c1-5-7-9-11(8-6-2)10(3)4/h5H,1,6-9H2,2-4H3. The maximum absolute atomic E-state index is 3.73. The first-order valence-corrected chi connectivity index (χ1v) is 4.48. The van der Waals surface area contributed by atoms with Crippen LogP contribution in [0.1, 0.15) is 46.5 Å². The number of allylic oxidation sites excluding steroid dienone is 3. The van der Waals surface area contributed by atoms with Crippen LogP contribution >= 0.6 is 0 Å². The summed E-state index contributed by atoms with van der Waals surface area (Å²) in [6.45, 7) is 10.4. The van der Waals surface area contributed by atoms with E-state index in [9.17, 15) is 0 Å². The van der Waals surface area contributed by atoms with Gasteiger partial charge in [0.15, 0.2) is 0 Å². The zero-order chi connectivity index (χ0) is 8.69. The lowest BCUT2D eigenvalue weighted by Crippen LogP contribution is -1.86. The van der Waals surface area contributed by atoms with Gasteiger partial charge < -0.3 is 0 Å². The predicted octanol–water partition coefficient (Wildman–Crippen LogP) is 4.09. The largest absolute Gasteiger partial charge is 0.103 e. The fourth-order valence-corrected chi connectivity index (χ4v) is 1.20. The zero-order valence-electron chi connectivity index (χ0n) is 8.11. The average molecular weight is 152 g/mol. The van der Waals surface area contributed by atoms with Crippen LogP contribution in [0.2, 0.25) is 0 Å². The molecule has 0 heteroatoms. The van der Waals surface area contributed by atoms with E-state index in [1.54, 1.807) is 5.57 Å². The molecule has 0 atom stereocenters. The highest BCUT2D eigenvalue weighted by Gasteiger charge is 1.96. The Labute approximate surface area is 71.0 Å². The van der Waals surface area contributed by atoms with Crippen molar-refractivity contribution in [3.8, 4) is 0 Å². The first-order chi connectivity index (χ1) is 5.22. The number of hydrogen-bond donors (Lipinski definition) is 0. The summed E-state index contributed by atoms with van der Waals surface area (Å²) in [4.78, 5) is 0. The van der Waals surface area contributed by atoms with Gasteiger partial charge in [-0.3, -0.25) is 0 Å². The highest BCUT2D eigenvalue weighted by molar-refractivity contribution is 5.10. The van der Waals surface area contributed by atoms with E-state index in [1.807, 2.05) is 6.08 Å². The fraction of sp³-hybridized carbons (Fsp3) is 0.636. The van der Waals surface area contributed by atoms with Gasteiger partial charge in [0.2, 0.25) is 0 Å². The molecule has 11 heavy (non-hydrogen) atoms. The second-order valence-corrected chi connectivity index (χ2v) is 3.18. The first-order valence-electron chi connectivity index (χ1n) is 4.48. The smallest absolute Gasteiger partial charge is 0.0283 e. The van der Waals surface area contributed by atoms with Crippen LogP contribution in [-0.4, -0.2) is 0 Å². The van der Waals surface area contributed by atoms with Gasteiger partial charge in [0, 0.05) is 0 Å². The van der Waals surface area contributed by atoms with Crippen molar-refractivity contribution in [1.29, 1.82) is 0 Å². The summed E-state index contributed by atoms with van der Waals surface area (Å²) in [5.41, 5.74) is 3.11. The molecular weight excluding hydrogens is 132 g/mol. The molecule has 0 aromatic heterocycles. The van der Waals surface area contributed by atoms with E-state index in [0.29, 0.717) is 0 Å². The van der Waals surface area contributed by atoms with Crippen molar-refractivity contribution in [2.75, 3.05) is 0 Å². The lowest BCUT2D eigenvalue weighted by atomic mass is 10.0. The van der Waals surface area contributed by atoms with E-state index in [2.05, 4.69) is 27.4 Å². The van der Waals surface area contributed by atoms with Crippen LogP contribution in [0, 0.1) is 0 Å². The third-order valence-corrected chi connectivity index (χ3v) is 1.91. The summed E-state index contributed by atoms with van der Waals surface area (Å²) in [7, 11) is 0. The molecule has 64 valence electrons. The molecule has 0 rings (SSSR count). The molecule has 0 aromatic rings. The van der Waals surface area contributed by atoms with Crippen molar-refractivity contribution >= 4 is 0 Å². The molecule has 0 saturated carbocycles. The Hall–Kier alpha value is -0.520. The summed E-state index contributed by atoms with van der Waals surface area (Å²) in [6.07, 6.45) is 6.85. The third-order valence-electron chi connectivity index (χ3n) is 1.91. The van der Waals surface area contributed by atoms with Gasteiger partial charge in [0.05, 0.1) is 0 Å². The van der Waals surface area contributed by atoms with E-state index >= 15 is 0 Å². The summed E-state index contributed by atoms with van der Waals surface area (Å²) in [5.74, 6) is 0. The van der Waals surface area contributed by atoms with Gasteiger partial charge >= 0.3 is 0 Å². The molecule has 0 saturated heterocycles. The lowest BCUT2D eigenvalue weighted by Gasteiger charge is -2.06. The second kappa shape index (κ2) is 6.21. The fourth-order valence-electron chi connectivity index (χ4n) is 1.20. The zero-order valence-corrected chi connectivity index (χ0v) is 8.11. The van der Waals surface area contributed by atoms with Crippen molar-refractivity contribution in [1.82, 2.24) is 0 Å². The highest BCUT2D eigenvalue weighted by Crippen LogP contribution is 2.16. The van der Waals surface area contributed by atoms with Crippen LogP contribution in [0.3, 0.4) is 0 Å². The SMILES string of the molecule is C=CCCC(CCC)=C(C)C. The molecule has 0 fully saturated rings. The molecule has 0 aliphatic heterocycles. The maximum Gasteiger partial charge on any atom is -0.0283 e. The normalized spacial score (nSPS) is 9.36. The quantitative estimate of drug-likeness (QED) is 0.520.